The molecule has 7 nitrogen and oxygen atoms in total. The Balaban J connectivity index is 1.78. The van der Waals surface area contributed by atoms with E-state index in [1.165, 1.54) is 12.4 Å². The molecule has 20 heavy (non-hydrogen) atoms. The topological polar surface area (TPSA) is 99.8 Å². The van der Waals surface area contributed by atoms with Crippen LogP contribution in [0.3, 0.4) is 0 Å². The van der Waals surface area contributed by atoms with Crippen LogP contribution in [0.25, 0.3) is 0 Å². The lowest BCUT2D eigenvalue weighted by Gasteiger charge is -2.07. The third kappa shape index (κ3) is 2.97. The molecular formula is C12H15N5O2S. The normalized spacial score (nSPS) is 15.2. The Kier molecular flexibility index (Phi) is 3.41. The van der Waals surface area contributed by atoms with Crippen molar-refractivity contribution in [3.05, 3.63) is 36.2 Å². The SMILES string of the molecule is O=S(=O)(Nc1ccccn1)c1[nH]ncc1CNC1CC1. The molecule has 3 N–H and O–H groups in total. The van der Waals surface area contributed by atoms with E-state index in [0.717, 1.165) is 12.8 Å². The van der Waals surface area contributed by atoms with Gasteiger partial charge < -0.3 is 5.32 Å². The number of aromatic nitrogens is 3. The van der Waals surface area contributed by atoms with Gasteiger partial charge in [0.2, 0.25) is 0 Å². The number of rotatable bonds is 6. The Morgan fingerprint density at radius 1 is 1.35 bits per heavy atom. The Labute approximate surface area is 116 Å². The molecule has 106 valence electrons. The lowest BCUT2D eigenvalue weighted by atomic mass is 10.3. The molecule has 2 aromatic heterocycles. The van der Waals surface area contributed by atoms with Gasteiger partial charge in [-0.1, -0.05) is 6.07 Å². The van der Waals surface area contributed by atoms with Crippen LogP contribution in [0, 0.1) is 0 Å². The second-order valence-corrected chi connectivity index (χ2v) is 6.32. The van der Waals surface area contributed by atoms with Gasteiger partial charge in [-0.3, -0.25) is 9.82 Å². The van der Waals surface area contributed by atoms with Gasteiger partial charge in [-0.05, 0) is 25.0 Å². The Hall–Kier alpha value is -1.93. The minimum atomic E-state index is -3.70. The molecule has 0 bridgehead atoms. The van der Waals surface area contributed by atoms with Crippen molar-refractivity contribution in [3.63, 3.8) is 0 Å². The van der Waals surface area contributed by atoms with Gasteiger partial charge in [0.25, 0.3) is 10.0 Å². The number of nitrogens with one attached hydrogen (secondary N) is 3. The van der Waals surface area contributed by atoms with Crippen molar-refractivity contribution in [2.75, 3.05) is 4.72 Å². The van der Waals surface area contributed by atoms with Crippen molar-refractivity contribution in [3.8, 4) is 0 Å². The number of anilines is 1. The van der Waals surface area contributed by atoms with E-state index in [4.69, 9.17) is 0 Å². The van der Waals surface area contributed by atoms with Gasteiger partial charge in [0.15, 0.2) is 5.03 Å². The van der Waals surface area contributed by atoms with E-state index in [-0.39, 0.29) is 10.8 Å². The van der Waals surface area contributed by atoms with E-state index in [9.17, 15) is 8.42 Å². The average molecular weight is 293 g/mol. The van der Waals surface area contributed by atoms with Gasteiger partial charge >= 0.3 is 0 Å². The second kappa shape index (κ2) is 5.22. The van der Waals surface area contributed by atoms with Crippen molar-refractivity contribution >= 4 is 15.8 Å². The smallest absolute Gasteiger partial charge is 0.280 e. The van der Waals surface area contributed by atoms with Crippen molar-refractivity contribution < 1.29 is 8.42 Å². The van der Waals surface area contributed by atoms with Crippen LogP contribution >= 0.6 is 0 Å². The van der Waals surface area contributed by atoms with Crippen molar-refractivity contribution in [1.82, 2.24) is 20.5 Å². The van der Waals surface area contributed by atoms with Gasteiger partial charge in [0.1, 0.15) is 5.82 Å². The number of nitrogens with zero attached hydrogens (tertiary/aromatic N) is 2. The van der Waals surface area contributed by atoms with E-state index in [2.05, 4.69) is 25.2 Å². The van der Waals surface area contributed by atoms with E-state index in [1.54, 1.807) is 18.2 Å². The molecule has 1 saturated carbocycles. The van der Waals surface area contributed by atoms with E-state index in [1.807, 2.05) is 0 Å². The van der Waals surface area contributed by atoms with E-state index < -0.39 is 10.0 Å². The summed E-state index contributed by atoms with van der Waals surface area (Å²) >= 11 is 0. The molecule has 2 aromatic rings. The maximum Gasteiger partial charge on any atom is 0.280 e. The van der Waals surface area contributed by atoms with Gasteiger partial charge in [0.05, 0.1) is 6.20 Å². The minimum Gasteiger partial charge on any atom is -0.310 e. The third-order valence-electron chi connectivity index (χ3n) is 3.01. The lowest BCUT2D eigenvalue weighted by molar-refractivity contribution is 0.593. The molecule has 0 aromatic carbocycles. The number of sulfonamides is 1. The molecule has 0 radical (unpaired) electrons. The first-order valence-corrected chi connectivity index (χ1v) is 7.83. The van der Waals surface area contributed by atoms with Gasteiger partial charge in [-0.15, -0.1) is 0 Å². The van der Waals surface area contributed by atoms with Crippen LogP contribution in [-0.4, -0.2) is 29.6 Å². The van der Waals surface area contributed by atoms with Crippen LogP contribution < -0.4 is 10.0 Å². The molecule has 0 saturated heterocycles. The second-order valence-electron chi connectivity index (χ2n) is 4.70. The monoisotopic (exact) mass is 293 g/mol. The summed E-state index contributed by atoms with van der Waals surface area (Å²) in [5, 5.41) is 9.71. The average Bonchev–Trinajstić information content (AvgIpc) is 3.13. The summed E-state index contributed by atoms with van der Waals surface area (Å²) in [6, 6.07) is 5.53. The quantitative estimate of drug-likeness (QED) is 0.733. The summed E-state index contributed by atoms with van der Waals surface area (Å²) in [7, 11) is -3.70. The standard InChI is InChI=1S/C12H15N5O2S/c18-20(19,17-11-3-1-2-6-13-11)12-9(8-15-16-12)7-14-10-4-5-10/h1-3,6,8,10,14H,4-5,7H2,(H,13,17)(H,15,16). The van der Waals surface area contributed by atoms with Gasteiger partial charge in [-0.2, -0.15) is 13.5 Å². The molecule has 0 spiro atoms. The van der Waals surface area contributed by atoms with Crippen LogP contribution in [0.4, 0.5) is 5.82 Å². The maximum atomic E-state index is 12.3. The highest BCUT2D eigenvalue weighted by molar-refractivity contribution is 7.92. The molecule has 1 aliphatic carbocycles. The van der Waals surface area contributed by atoms with Crippen molar-refractivity contribution in [2.24, 2.45) is 0 Å². The zero-order valence-electron chi connectivity index (χ0n) is 10.7. The summed E-state index contributed by atoms with van der Waals surface area (Å²) in [4.78, 5) is 3.95. The molecule has 0 atom stereocenters. The molecule has 0 aliphatic heterocycles. The molecule has 1 aliphatic rings. The Bertz CT molecular complexity index is 679. The van der Waals surface area contributed by atoms with Crippen LogP contribution in [-0.2, 0) is 16.6 Å². The fraction of sp³-hybridized carbons (Fsp3) is 0.333. The summed E-state index contributed by atoms with van der Waals surface area (Å²) < 4.78 is 27.0. The minimum absolute atomic E-state index is 0.0799. The Morgan fingerprint density at radius 3 is 2.90 bits per heavy atom. The first-order chi connectivity index (χ1) is 9.65. The number of hydrogen-bond donors (Lipinski definition) is 3. The molecule has 3 rings (SSSR count). The molecule has 0 unspecified atom stereocenters. The highest BCUT2D eigenvalue weighted by atomic mass is 32.2. The Morgan fingerprint density at radius 2 is 2.20 bits per heavy atom. The number of hydrogen-bond acceptors (Lipinski definition) is 5. The first-order valence-electron chi connectivity index (χ1n) is 6.34. The predicted molar refractivity (Wildman–Crippen MR) is 73.5 cm³/mol. The highest BCUT2D eigenvalue weighted by Gasteiger charge is 2.24. The number of aromatic amines is 1. The molecule has 1 fully saturated rings. The van der Waals surface area contributed by atoms with Crippen LogP contribution in [0.5, 0.6) is 0 Å². The predicted octanol–water partition coefficient (Wildman–Crippen LogP) is 0.857. The zero-order chi connectivity index (χ0) is 14.0. The molecular weight excluding hydrogens is 278 g/mol. The number of pyridine rings is 1. The maximum absolute atomic E-state index is 12.3. The summed E-state index contributed by atoms with van der Waals surface area (Å²) in [5.41, 5.74) is 0.625. The summed E-state index contributed by atoms with van der Waals surface area (Å²) in [6.07, 6.45) is 5.35. The highest BCUT2D eigenvalue weighted by Crippen LogP contribution is 2.21. The van der Waals surface area contributed by atoms with Crippen molar-refractivity contribution in [2.45, 2.75) is 30.5 Å². The van der Waals surface area contributed by atoms with Crippen molar-refractivity contribution in [1.29, 1.82) is 0 Å². The lowest BCUT2D eigenvalue weighted by Crippen LogP contribution is -2.20. The van der Waals surface area contributed by atoms with Crippen LogP contribution in [0.2, 0.25) is 0 Å². The van der Waals surface area contributed by atoms with Gasteiger partial charge in [-0.25, -0.2) is 4.98 Å². The third-order valence-corrected chi connectivity index (χ3v) is 4.38. The first kappa shape index (κ1) is 13.1. The largest absolute Gasteiger partial charge is 0.310 e. The fourth-order valence-electron chi connectivity index (χ4n) is 1.81. The zero-order valence-corrected chi connectivity index (χ0v) is 11.5. The van der Waals surface area contributed by atoms with Crippen LogP contribution in [0.1, 0.15) is 18.4 Å². The van der Waals surface area contributed by atoms with Crippen LogP contribution in [0.15, 0.2) is 35.6 Å². The molecule has 0 amide bonds. The number of H-pyrrole nitrogens is 1. The molecule has 2 heterocycles. The van der Waals surface area contributed by atoms with E-state index >= 15 is 0 Å². The van der Waals surface area contributed by atoms with E-state index in [0.29, 0.717) is 18.2 Å². The summed E-state index contributed by atoms with van der Waals surface area (Å²) in [6.45, 7) is 0.486. The fourth-order valence-corrected chi connectivity index (χ4v) is 2.95. The van der Waals surface area contributed by atoms with Gasteiger partial charge in [0, 0.05) is 24.3 Å². The molecule has 8 heteroatoms. The summed E-state index contributed by atoms with van der Waals surface area (Å²) in [5.74, 6) is 0.281.